The Morgan fingerprint density at radius 2 is 2.19 bits per heavy atom. The van der Waals surface area contributed by atoms with Crippen LogP contribution in [-0.2, 0) is 19.9 Å². The highest BCUT2D eigenvalue weighted by Gasteiger charge is 2.28. The minimum Gasteiger partial charge on any atom is -0.495 e. The van der Waals surface area contributed by atoms with Crippen molar-refractivity contribution in [2.75, 3.05) is 12.4 Å². The van der Waals surface area contributed by atoms with E-state index >= 15 is 0 Å². The summed E-state index contributed by atoms with van der Waals surface area (Å²) in [6, 6.07) is 5.62. The molecule has 2 heterocycles. The number of carbonyl (C=O) groups is 1. The van der Waals surface area contributed by atoms with Gasteiger partial charge in [0, 0.05) is 34.1 Å². The molecule has 0 saturated heterocycles. The van der Waals surface area contributed by atoms with Gasteiger partial charge in [-0.3, -0.25) is 9.48 Å². The molecule has 1 N–H and O–H groups in total. The van der Waals surface area contributed by atoms with Crippen molar-refractivity contribution in [3.63, 3.8) is 0 Å². The highest BCUT2D eigenvalue weighted by Crippen LogP contribution is 2.38. The standard InChI is InChI=1S/C19H18ClN3O2S/c1-10-8-14(15(25-3)9-13(10)20)21-19(24)17-12-4-5-16-11(6-7-26-16)18(12)23(2)22-17/h6-9H,4-5H2,1-3H3,(H,21,24). The molecule has 0 radical (unpaired) electrons. The van der Waals surface area contributed by atoms with E-state index in [1.54, 1.807) is 29.2 Å². The van der Waals surface area contributed by atoms with Crippen molar-refractivity contribution in [1.82, 2.24) is 9.78 Å². The molecule has 5 nitrogen and oxygen atoms in total. The molecule has 3 aromatic rings. The van der Waals surface area contributed by atoms with Crippen molar-refractivity contribution >= 4 is 34.5 Å². The average molecular weight is 388 g/mol. The Morgan fingerprint density at radius 1 is 1.38 bits per heavy atom. The fraction of sp³-hybridized carbons (Fsp3) is 0.263. The molecule has 26 heavy (non-hydrogen) atoms. The van der Waals surface area contributed by atoms with Crippen molar-refractivity contribution in [2.24, 2.45) is 7.05 Å². The Balaban J connectivity index is 1.72. The number of nitrogens with one attached hydrogen (secondary N) is 1. The molecule has 0 saturated carbocycles. The number of anilines is 1. The lowest BCUT2D eigenvalue weighted by Gasteiger charge is -2.14. The number of carbonyl (C=O) groups excluding carboxylic acids is 1. The number of halogens is 1. The van der Waals surface area contributed by atoms with E-state index in [0.717, 1.165) is 29.7 Å². The minimum atomic E-state index is -0.236. The van der Waals surface area contributed by atoms with Crippen LogP contribution in [0.4, 0.5) is 5.69 Å². The molecule has 0 bridgehead atoms. The molecular weight excluding hydrogens is 370 g/mol. The van der Waals surface area contributed by atoms with E-state index in [9.17, 15) is 4.79 Å². The van der Waals surface area contributed by atoms with Gasteiger partial charge in [0.15, 0.2) is 5.69 Å². The van der Waals surface area contributed by atoms with Crippen molar-refractivity contribution < 1.29 is 9.53 Å². The predicted octanol–water partition coefficient (Wildman–Crippen LogP) is 4.47. The van der Waals surface area contributed by atoms with Crippen LogP contribution in [0.1, 0.15) is 26.5 Å². The van der Waals surface area contributed by atoms with E-state index in [0.29, 0.717) is 22.2 Å². The van der Waals surface area contributed by atoms with Gasteiger partial charge in [-0.25, -0.2) is 0 Å². The number of methoxy groups -OCH3 is 1. The number of rotatable bonds is 3. The Labute approximate surface area is 160 Å². The maximum atomic E-state index is 12.9. The van der Waals surface area contributed by atoms with Gasteiger partial charge in [0.2, 0.25) is 0 Å². The third-order valence-corrected chi connectivity index (χ3v) is 6.08. The van der Waals surface area contributed by atoms with Gasteiger partial charge in [-0.05, 0) is 42.8 Å². The van der Waals surface area contributed by atoms with Crippen molar-refractivity contribution in [3.05, 3.63) is 50.3 Å². The first kappa shape index (κ1) is 17.1. The fourth-order valence-corrected chi connectivity index (χ4v) is 4.45. The minimum absolute atomic E-state index is 0.236. The topological polar surface area (TPSA) is 56.1 Å². The molecule has 0 aliphatic heterocycles. The third-order valence-electron chi connectivity index (χ3n) is 4.69. The van der Waals surface area contributed by atoms with E-state index in [1.807, 2.05) is 20.0 Å². The zero-order valence-corrected chi connectivity index (χ0v) is 16.3. The summed E-state index contributed by atoms with van der Waals surface area (Å²) in [5, 5.41) is 10.1. The van der Waals surface area contributed by atoms with Crippen LogP contribution < -0.4 is 10.1 Å². The first-order valence-corrected chi connectivity index (χ1v) is 9.53. The lowest BCUT2D eigenvalue weighted by Crippen LogP contribution is -2.16. The normalized spacial score (nSPS) is 12.5. The number of benzene rings is 1. The Morgan fingerprint density at radius 3 is 2.96 bits per heavy atom. The van der Waals surface area contributed by atoms with E-state index in [1.165, 1.54) is 10.4 Å². The summed E-state index contributed by atoms with van der Waals surface area (Å²) in [4.78, 5) is 14.3. The molecule has 1 amide bonds. The lowest BCUT2D eigenvalue weighted by molar-refractivity contribution is 0.102. The van der Waals surface area contributed by atoms with Gasteiger partial charge in [0.25, 0.3) is 5.91 Å². The number of aryl methyl sites for hydroxylation is 3. The van der Waals surface area contributed by atoms with E-state index in [-0.39, 0.29) is 5.91 Å². The van der Waals surface area contributed by atoms with Gasteiger partial charge in [-0.2, -0.15) is 5.10 Å². The van der Waals surface area contributed by atoms with Gasteiger partial charge < -0.3 is 10.1 Å². The molecule has 0 fully saturated rings. The molecule has 134 valence electrons. The Hall–Kier alpha value is -2.31. The predicted molar refractivity (Wildman–Crippen MR) is 105 cm³/mol. The van der Waals surface area contributed by atoms with Crippen LogP contribution in [0.15, 0.2) is 23.6 Å². The van der Waals surface area contributed by atoms with Crippen LogP contribution >= 0.6 is 22.9 Å². The average Bonchev–Trinajstić information content (AvgIpc) is 3.22. The number of thiophene rings is 1. The molecule has 0 atom stereocenters. The van der Waals surface area contributed by atoms with E-state index < -0.39 is 0 Å². The van der Waals surface area contributed by atoms with Crippen molar-refractivity contribution in [1.29, 1.82) is 0 Å². The van der Waals surface area contributed by atoms with Crippen LogP contribution in [0.25, 0.3) is 11.3 Å². The van der Waals surface area contributed by atoms with Crippen LogP contribution in [0.2, 0.25) is 5.02 Å². The van der Waals surface area contributed by atoms with Gasteiger partial charge in [0.05, 0.1) is 18.5 Å². The number of hydrogen-bond donors (Lipinski definition) is 1. The number of amides is 1. The van der Waals surface area contributed by atoms with Crippen LogP contribution in [-0.4, -0.2) is 22.8 Å². The SMILES string of the molecule is COc1cc(Cl)c(C)cc1NC(=O)c1nn(C)c2c1CCc1sccc1-2. The summed E-state index contributed by atoms with van der Waals surface area (Å²) in [6.07, 6.45) is 1.76. The largest absolute Gasteiger partial charge is 0.495 e. The monoisotopic (exact) mass is 387 g/mol. The highest BCUT2D eigenvalue weighted by molar-refractivity contribution is 7.10. The molecule has 1 aromatic carbocycles. The van der Waals surface area contributed by atoms with Crippen molar-refractivity contribution in [2.45, 2.75) is 19.8 Å². The number of aromatic nitrogens is 2. The van der Waals surface area contributed by atoms with Gasteiger partial charge in [-0.1, -0.05) is 11.6 Å². The second-order valence-electron chi connectivity index (χ2n) is 6.31. The molecule has 0 spiro atoms. The lowest BCUT2D eigenvalue weighted by atomic mass is 9.94. The summed E-state index contributed by atoms with van der Waals surface area (Å²) in [6.45, 7) is 1.89. The maximum Gasteiger partial charge on any atom is 0.276 e. The van der Waals surface area contributed by atoms with Crippen molar-refractivity contribution in [3.8, 4) is 17.0 Å². The number of hydrogen-bond acceptors (Lipinski definition) is 4. The summed E-state index contributed by atoms with van der Waals surface area (Å²) in [5.74, 6) is 0.291. The molecule has 0 unspecified atom stereocenters. The molecule has 1 aliphatic rings. The van der Waals surface area contributed by atoms with Gasteiger partial charge in [-0.15, -0.1) is 11.3 Å². The summed E-state index contributed by atoms with van der Waals surface area (Å²) in [7, 11) is 3.44. The summed E-state index contributed by atoms with van der Waals surface area (Å²) in [5.41, 5.74) is 5.15. The molecule has 2 aromatic heterocycles. The van der Waals surface area contributed by atoms with E-state index in [2.05, 4.69) is 21.9 Å². The fourth-order valence-electron chi connectivity index (χ4n) is 3.42. The smallest absolute Gasteiger partial charge is 0.276 e. The van der Waals surface area contributed by atoms with E-state index in [4.69, 9.17) is 16.3 Å². The maximum absolute atomic E-state index is 12.9. The first-order chi connectivity index (χ1) is 12.5. The zero-order valence-electron chi connectivity index (χ0n) is 14.7. The Kier molecular flexibility index (Phi) is 4.25. The molecule has 4 rings (SSSR count). The van der Waals surface area contributed by atoms with Crippen LogP contribution in [0, 0.1) is 6.92 Å². The summed E-state index contributed by atoms with van der Waals surface area (Å²) < 4.78 is 7.15. The quantitative estimate of drug-likeness (QED) is 0.721. The first-order valence-electron chi connectivity index (χ1n) is 8.27. The highest BCUT2D eigenvalue weighted by atomic mass is 35.5. The number of fused-ring (bicyclic) bond motifs is 3. The zero-order chi connectivity index (χ0) is 18.4. The van der Waals surface area contributed by atoms with Gasteiger partial charge in [0.1, 0.15) is 5.75 Å². The second kappa shape index (κ2) is 6.45. The second-order valence-corrected chi connectivity index (χ2v) is 7.72. The van der Waals surface area contributed by atoms with Crippen LogP contribution in [0.3, 0.4) is 0 Å². The van der Waals surface area contributed by atoms with Crippen LogP contribution in [0.5, 0.6) is 5.75 Å². The molecule has 7 heteroatoms. The number of nitrogens with zero attached hydrogens (tertiary/aromatic N) is 2. The molecular formula is C19H18ClN3O2S. The summed E-state index contributed by atoms with van der Waals surface area (Å²) >= 11 is 7.90. The van der Waals surface area contributed by atoms with Gasteiger partial charge >= 0.3 is 0 Å². The third kappa shape index (κ3) is 2.70. The number of ether oxygens (including phenoxy) is 1. The molecule has 1 aliphatic carbocycles. The Bertz CT molecular complexity index is 1020.